The second-order valence-electron chi connectivity index (χ2n) is 6.93. The lowest BCUT2D eigenvalue weighted by Crippen LogP contribution is -2.54. The van der Waals surface area contributed by atoms with Crippen molar-refractivity contribution < 1.29 is 23.8 Å². The molecule has 0 radical (unpaired) electrons. The van der Waals surface area contributed by atoms with Crippen molar-refractivity contribution >= 4 is 27.8 Å². The highest BCUT2D eigenvalue weighted by molar-refractivity contribution is 5.96. The van der Waals surface area contributed by atoms with Crippen molar-refractivity contribution in [3.63, 3.8) is 0 Å². The topological polar surface area (TPSA) is 113 Å². The molecule has 0 atom stereocenters. The average Bonchev–Trinajstić information content (AvgIpc) is 3.02. The van der Waals surface area contributed by atoms with Crippen molar-refractivity contribution in [2.75, 3.05) is 13.2 Å². The smallest absolute Gasteiger partial charge is 0.340 e. The average molecular weight is 373 g/mol. The molecule has 0 fully saturated rings. The third-order valence-corrected chi connectivity index (χ3v) is 5.20. The summed E-state index contributed by atoms with van der Waals surface area (Å²) in [6, 6.07) is 3.57. The summed E-state index contributed by atoms with van der Waals surface area (Å²) in [4.78, 5) is 24.9. The molecule has 7 nitrogen and oxygen atoms in total. The van der Waals surface area contributed by atoms with E-state index in [4.69, 9.17) is 8.83 Å². The van der Waals surface area contributed by atoms with Crippen LogP contribution in [0.2, 0.25) is 0 Å². The highest BCUT2D eigenvalue weighted by Crippen LogP contribution is 2.28. The van der Waals surface area contributed by atoms with Crippen molar-refractivity contribution in [2.24, 2.45) is 0 Å². The predicted molar refractivity (Wildman–Crippen MR) is 101 cm³/mol. The number of aryl methyl sites for hydroxylation is 2. The molecule has 0 aliphatic carbocycles. The summed E-state index contributed by atoms with van der Waals surface area (Å²) in [5.41, 5.74) is 1.21. The van der Waals surface area contributed by atoms with Gasteiger partial charge in [0.1, 0.15) is 11.2 Å². The van der Waals surface area contributed by atoms with Crippen LogP contribution in [0.15, 0.2) is 32.0 Å². The zero-order chi connectivity index (χ0) is 19.8. The Morgan fingerprint density at radius 2 is 1.85 bits per heavy atom. The Balaban J connectivity index is 2.01. The van der Waals surface area contributed by atoms with Crippen molar-refractivity contribution in [2.45, 2.75) is 39.2 Å². The number of nitrogens with one attached hydrogen (secondary N) is 1. The zero-order valence-corrected chi connectivity index (χ0v) is 15.6. The largest absolute Gasteiger partial charge is 0.464 e. The van der Waals surface area contributed by atoms with Crippen LogP contribution in [0, 0.1) is 13.8 Å². The fourth-order valence-corrected chi connectivity index (χ4v) is 3.18. The van der Waals surface area contributed by atoms with Gasteiger partial charge in [-0.05, 0) is 37.5 Å². The number of furan rings is 1. The first-order valence-corrected chi connectivity index (χ1v) is 8.81. The first-order valence-electron chi connectivity index (χ1n) is 8.81. The Bertz CT molecular complexity index is 1050. The lowest BCUT2D eigenvalue weighted by atomic mass is 9.97. The summed E-state index contributed by atoms with van der Waals surface area (Å²) in [5.74, 6) is -0.463. The molecule has 2 heterocycles. The number of amides is 1. The minimum Gasteiger partial charge on any atom is -0.464 e. The van der Waals surface area contributed by atoms with Crippen molar-refractivity contribution in [3.8, 4) is 0 Å². The molecule has 7 heteroatoms. The number of carbonyl (C=O) groups is 1. The van der Waals surface area contributed by atoms with E-state index in [2.05, 4.69) is 5.32 Å². The van der Waals surface area contributed by atoms with Gasteiger partial charge in [-0.15, -0.1) is 0 Å². The maximum absolute atomic E-state index is 12.4. The Morgan fingerprint density at radius 1 is 1.15 bits per heavy atom. The van der Waals surface area contributed by atoms with Gasteiger partial charge in [0.25, 0.3) is 0 Å². The summed E-state index contributed by atoms with van der Waals surface area (Å²) >= 11 is 0. The van der Waals surface area contributed by atoms with Gasteiger partial charge in [-0.25, -0.2) is 4.79 Å². The third-order valence-electron chi connectivity index (χ3n) is 5.20. The molecule has 1 amide bonds. The van der Waals surface area contributed by atoms with Gasteiger partial charge in [0, 0.05) is 16.8 Å². The van der Waals surface area contributed by atoms with Crippen LogP contribution in [0.5, 0.6) is 0 Å². The number of aliphatic hydroxyl groups is 2. The summed E-state index contributed by atoms with van der Waals surface area (Å²) < 4.78 is 10.9. The zero-order valence-electron chi connectivity index (χ0n) is 15.6. The molecular weight excluding hydrogens is 350 g/mol. The van der Waals surface area contributed by atoms with Crippen molar-refractivity contribution in [3.05, 3.63) is 45.5 Å². The van der Waals surface area contributed by atoms with Gasteiger partial charge >= 0.3 is 5.63 Å². The van der Waals surface area contributed by atoms with Crippen molar-refractivity contribution in [1.29, 1.82) is 0 Å². The van der Waals surface area contributed by atoms with E-state index in [1.54, 1.807) is 26.2 Å². The number of aliphatic hydroxyl groups excluding tert-OH is 2. The third kappa shape index (κ3) is 3.36. The number of fused-ring (bicyclic) bond motifs is 2. The van der Waals surface area contributed by atoms with E-state index < -0.39 is 30.3 Å². The van der Waals surface area contributed by atoms with Gasteiger partial charge in [-0.1, -0.05) is 6.92 Å². The van der Waals surface area contributed by atoms with Gasteiger partial charge in [0.05, 0.1) is 37.0 Å². The highest BCUT2D eigenvalue weighted by Gasteiger charge is 2.29. The summed E-state index contributed by atoms with van der Waals surface area (Å²) in [5, 5.41) is 23.3. The molecule has 0 saturated heterocycles. The molecule has 144 valence electrons. The van der Waals surface area contributed by atoms with Gasteiger partial charge < -0.3 is 24.4 Å². The molecule has 0 aliphatic heterocycles. The molecule has 27 heavy (non-hydrogen) atoms. The number of hydrogen-bond donors (Lipinski definition) is 3. The number of benzene rings is 1. The lowest BCUT2D eigenvalue weighted by Gasteiger charge is -2.29. The molecule has 0 saturated carbocycles. The standard InChI is InChI=1S/C20H23NO6/c1-4-20(9-22,10-23)21-18(24)6-15-12(3)14-5-13-11(2)8-26-16(13)7-17(14)27-19(15)25/h5,7-8,22-23H,4,6,9-10H2,1-3H3,(H,21,24). The van der Waals surface area contributed by atoms with Crippen LogP contribution in [0.3, 0.4) is 0 Å². The van der Waals surface area contributed by atoms with E-state index in [0.29, 0.717) is 23.2 Å². The van der Waals surface area contributed by atoms with Gasteiger partial charge in [0.15, 0.2) is 0 Å². The van der Waals surface area contributed by atoms with Gasteiger partial charge in [-0.2, -0.15) is 0 Å². The minimum atomic E-state index is -1.11. The van der Waals surface area contributed by atoms with Crippen LogP contribution < -0.4 is 10.9 Å². The molecule has 0 bridgehead atoms. The van der Waals surface area contributed by atoms with Gasteiger partial charge in [-0.3, -0.25) is 4.79 Å². The molecule has 3 rings (SSSR count). The molecule has 3 aromatic rings. The molecule has 3 N–H and O–H groups in total. The maximum Gasteiger partial charge on any atom is 0.340 e. The van der Waals surface area contributed by atoms with E-state index >= 15 is 0 Å². The quantitative estimate of drug-likeness (QED) is 0.569. The number of hydrogen-bond acceptors (Lipinski definition) is 6. The molecule has 0 aliphatic rings. The SMILES string of the molecule is CCC(CO)(CO)NC(=O)Cc1c(C)c2cc3c(C)coc3cc2oc1=O. The van der Waals surface area contributed by atoms with Crippen LogP contribution in [0.25, 0.3) is 21.9 Å². The van der Waals surface area contributed by atoms with E-state index in [1.165, 1.54) is 0 Å². The Morgan fingerprint density at radius 3 is 2.48 bits per heavy atom. The molecule has 0 unspecified atom stereocenters. The molecule has 1 aromatic carbocycles. The fourth-order valence-electron chi connectivity index (χ4n) is 3.18. The number of rotatable bonds is 6. The maximum atomic E-state index is 12.4. The van der Waals surface area contributed by atoms with Crippen LogP contribution in [-0.4, -0.2) is 34.9 Å². The second-order valence-corrected chi connectivity index (χ2v) is 6.93. The molecule has 2 aromatic heterocycles. The predicted octanol–water partition coefficient (Wildman–Crippen LogP) is 1.95. The Hall–Kier alpha value is -2.64. The number of carbonyl (C=O) groups excluding carboxylic acids is 1. The first-order chi connectivity index (χ1) is 12.8. The Kier molecular flexibility index (Phi) is 5.08. The van der Waals surface area contributed by atoms with Crippen LogP contribution in [-0.2, 0) is 11.2 Å². The summed E-state index contributed by atoms with van der Waals surface area (Å²) in [6.07, 6.45) is 1.79. The fraction of sp³-hybridized carbons (Fsp3) is 0.400. The Labute approximate surface area is 155 Å². The monoisotopic (exact) mass is 373 g/mol. The summed E-state index contributed by atoms with van der Waals surface area (Å²) in [6.45, 7) is 4.66. The lowest BCUT2D eigenvalue weighted by molar-refractivity contribution is -0.123. The molecular formula is C20H23NO6. The summed E-state index contributed by atoms with van der Waals surface area (Å²) in [7, 11) is 0. The second kappa shape index (κ2) is 7.17. The van der Waals surface area contributed by atoms with Crippen molar-refractivity contribution in [1.82, 2.24) is 5.32 Å². The molecule has 0 spiro atoms. The van der Waals surface area contributed by atoms with Crippen LogP contribution in [0.4, 0.5) is 0 Å². The van der Waals surface area contributed by atoms with E-state index in [-0.39, 0.29) is 12.0 Å². The van der Waals surface area contributed by atoms with E-state index in [9.17, 15) is 19.8 Å². The highest BCUT2D eigenvalue weighted by atomic mass is 16.4. The minimum absolute atomic E-state index is 0.200. The van der Waals surface area contributed by atoms with Gasteiger partial charge in [0.2, 0.25) is 5.91 Å². The normalized spacial score (nSPS) is 12.0. The van der Waals surface area contributed by atoms with E-state index in [1.807, 2.05) is 13.0 Å². The van der Waals surface area contributed by atoms with Crippen LogP contribution >= 0.6 is 0 Å². The van der Waals surface area contributed by atoms with E-state index in [0.717, 1.165) is 16.3 Å². The van der Waals surface area contributed by atoms with Crippen LogP contribution in [0.1, 0.15) is 30.0 Å². The first kappa shape index (κ1) is 19.1.